The van der Waals surface area contributed by atoms with E-state index >= 15 is 0 Å². The number of rotatable bonds is 3. The third-order valence-corrected chi connectivity index (χ3v) is 6.54. The maximum atomic E-state index is 12.5. The molecule has 2 aromatic rings. The van der Waals surface area contributed by atoms with Crippen molar-refractivity contribution in [3.05, 3.63) is 58.6 Å². The van der Waals surface area contributed by atoms with Gasteiger partial charge in [0.05, 0.1) is 10.9 Å². The third-order valence-electron chi connectivity index (χ3n) is 4.86. The molecule has 0 saturated carbocycles. The number of amides is 1. The van der Waals surface area contributed by atoms with Crippen molar-refractivity contribution in [2.75, 3.05) is 11.1 Å². The van der Waals surface area contributed by atoms with Crippen molar-refractivity contribution in [1.29, 1.82) is 0 Å². The van der Waals surface area contributed by atoms with E-state index in [1.54, 1.807) is 48.3 Å². The molecule has 0 radical (unpaired) electrons. The van der Waals surface area contributed by atoms with Crippen molar-refractivity contribution in [3.8, 4) is 0 Å². The SMILES string of the molecule is [2H]C[C@@]12CS[C@@H]([C@H](n3ccc(NC(=O)c4ccccc4)nc3=O)O1)[C@@H]2C. The fraction of sp³-hybridized carbons (Fsp3) is 0.389. The highest BCUT2D eigenvalue weighted by atomic mass is 32.2. The van der Waals surface area contributed by atoms with Crippen molar-refractivity contribution in [1.82, 2.24) is 9.55 Å². The van der Waals surface area contributed by atoms with Crippen molar-refractivity contribution < 1.29 is 10.9 Å². The van der Waals surface area contributed by atoms with Crippen LogP contribution in [-0.4, -0.2) is 32.1 Å². The predicted octanol–water partition coefficient (Wildman–Crippen LogP) is 2.53. The third kappa shape index (κ3) is 2.77. The van der Waals surface area contributed by atoms with E-state index in [1.807, 2.05) is 6.07 Å². The molecule has 1 aromatic carbocycles. The lowest BCUT2D eigenvalue weighted by Crippen LogP contribution is -2.35. The van der Waals surface area contributed by atoms with Gasteiger partial charge in [-0.3, -0.25) is 9.36 Å². The summed E-state index contributed by atoms with van der Waals surface area (Å²) in [5, 5.41) is 2.77. The average Bonchev–Trinajstić information content (AvgIpc) is 3.13. The molecule has 6 nitrogen and oxygen atoms in total. The van der Waals surface area contributed by atoms with Gasteiger partial charge < -0.3 is 10.1 Å². The molecule has 130 valence electrons. The van der Waals surface area contributed by atoms with Gasteiger partial charge in [0.1, 0.15) is 5.82 Å². The Hall–Kier alpha value is -2.12. The van der Waals surface area contributed by atoms with E-state index in [2.05, 4.69) is 17.2 Å². The molecule has 4 atom stereocenters. The number of thioether (sulfide) groups is 1. The first kappa shape index (κ1) is 15.2. The molecule has 2 aliphatic rings. The zero-order valence-electron chi connectivity index (χ0n) is 14.7. The monoisotopic (exact) mass is 358 g/mol. The van der Waals surface area contributed by atoms with Crippen LogP contribution in [0.1, 0.15) is 31.8 Å². The van der Waals surface area contributed by atoms with Gasteiger partial charge in [0.15, 0.2) is 6.23 Å². The predicted molar refractivity (Wildman–Crippen MR) is 96.8 cm³/mol. The summed E-state index contributed by atoms with van der Waals surface area (Å²) in [6.45, 7) is 2.26. The summed E-state index contributed by atoms with van der Waals surface area (Å²) in [4.78, 5) is 28.7. The number of hydrogen-bond acceptors (Lipinski definition) is 5. The number of fused-ring (bicyclic) bond motifs is 2. The van der Waals surface area contributed by atoms with Gasteiger partial charge in [-0.05, 0) is 25.1 Å². The maximum absolute atomic E-state index is 12.5. The fourth-order valence-electron chi connectivity index (χ4n) is 3.26. The molecular formula is C18H19N3O3S. The van der Waals surface area contributed by atoms with Crippen LogP contribution in [0.4, 0.5) is 5.82 Å². The van der Waals surface area contributed by atoms with Crippen LogP contribution in [0.25, 0.3) is 0 Å². The van der Waals surface area contributed by atoms with E-state index in [4.69, 9.17) is 6.11 Å². The topological polar surface area (TPSA) is 73.2 Å². The Labute approximate surface area is 151 Å². The first-order valence-corrected chi connectivity index (χ1v) is 9.13. The van der Waals surface area contributed by atoms with Crippen LogP contribution in [0.2, 0.25) is 0 Å². The van der Waals surface area contributed by atoms with E-state index in [1.165, 1.54) is 4.57 Å². The Bertz CT molecular complexity index is 891. The number of hydrogen-bond donors (Lipinski definition) is 1. The van der Waals surface area contributed by atoms with Gasteiger partial charge in [0.2, 0.25) is 0 Å². The van der Waals surface area contributed by atoms with E-state index in [9.17, 15) is 9.59 Å². The van der Waals surface area contributed by atoms with E-state index in [0.29, 0.717) is 5.56 Å². The highest BCUT2D eigenvalue weighted by Crippen LogP contribution is 2.54. The molecule has 0 spiro atoms. The second kappa shape index (κ2) is 6.00. The van der Waals surface area contributed by atoms with Gasteiger partial charge in [0, 0.05) is 24.8 Å². The summed E-state index contributed by atoms with van der Waals surface area (Å²) in [6, 6.07) is 10.4. The van der Waals surface area contributed by atoms with Crippen LogP contribution >= 0.6 is 11.8 Å². The van der Waals surface area contributed by atoms with Gasteiger partial charge >= 0.3 is 5.69 Å². The molecule has 1 aromatic heterocycles. The minimum absolute atomic E-state index is 0.129. The molecule has 2 aliphatic heterocycles. The molecule has 0 aliphatic carbocycles. The molecular weight excluding hydrogens is 338 g/mol. The van der Waals surface area contributed by atoms with E-state index < -0.39 is 17.5 Å². The molecule has 0 unspecified atom stereocenters. The lowest BCUT2D eigenvalue weighted by molar-refractivity contribution is -0.0610. The number of nitrogens with one attached hydrogen (secondary N) is 1. The second-order valence-corrected chi connectivity index (χ2v) is 7.63. The Morgan fingerprint density at radius 3 is 2.92 bits per heavy atom. The summed E-state index contributed by atoms with van der Waals surface area (Å²) < 4.78 is 15.4. The van der Waals surface area contributed by atoms with Crippen LogP contribution in [-0.2, 0) is 4.74 Å². The first-order chi connectivity index (χ1) is 12.5. The van der Waals surface area contributed by atoms with Crippen LogP contribution in [0.15, 0.2) is 47.4 Å². The number of anilines is 1. The number of aromatic nitrogens is 2. The average molecular weight is 358 g/mol. The smallest absolute Gasteiger partial charge is 0.349 e. The molecule has 4 rings (SSSR count). The molecule has 7 heteroatoms. The lowest BCUT2D eigenvalue weighted by Gasteiger charge is -2.28. The fourth-order valence-corrected chi connectivity index (χ4v) is 4.95. The second-order valence-electron chi connectivity index (χ2n) is 6.46. The Kier molecular flexibility index (Phi) is 3.64. The Morgan fingerprint density at radius 2 is 2.24 bits per heavy atom. The van der Waals surface area contributed by atoms with Crippen LogP contribution < -0.4 is 11.0 Å². The molecule has 2 bridgehead atoms. The minimum atomic E-state index is -0.486. The lowest BCUT2D eigenvalue weighted by atomic mass is 9.93. The molecule has 1 N–H and O–H groups in total. The largest absolute Gasteiger partial charge is 0.351 e. The standard InChI is InChI=1S/C18H19N3O3S/c1-11-14-16(24-18(11,2)10-25-14)21-9-8-13(20-17(21)23)19-15(22)12-6-4-3-5-7-12/h3-9,11,14,16H,10H2,1-2H3,(H,19,20,22,23)/t11-,14+,16+,18-/m0/s1/i2D. The summed E-state index contributed by atoms with van der Waals surface area (Å²) in [7, 11) is 0. The minimum Gasteiger partial charge on any atom is -0.349 e. The van der Waals surface area contributed by atoms with Crippen LogP contribution in [0, 0.1) is 5.92 Å². The number of carbonyl (C=O) groups is 1. The molecule has 2 saturated heterocycles. The van der Waals surface area contributed by atoms with Crippen molar-refractivity contribution in [2.24, 2.45) is 5.92 Å². The normalized spacial score (nSPS) is 30.9. The maximum Gasteiger partial charge on any atom is 0.351 e. The summed E-state index contributed by atoms with van der Waals surface area (Å²) in [5.74, 6) is 0.883. The summed E-state index contributed by atoms with van der Waals surface area (Å²) in [6.07, 6.45) is 1.18. The van der Waals surface area contributed by atoms with Crippen molar-refractivity contribution >= 4 is 23.5 Å². The Morgan fingerprint density at radius 1 is 1.44 bits per heavy atom. The highest BCUT2D eigenvalue weighted by Gasteiger charge is 2.56. The molecule has 25 heavy (non-hydrogen) atoms. The van der Waals surface area contributed by atoms with Gasteiger partial charge in [-0.1, -0.05) is 25.1 Å². The van der Waals surface area contributed by atoms with Gasteiger partial charge in [-0.25, -0.2) is 4.79 Å². The molecule has 2 fully saturated rings. The van der Waals surface area contributed by atoms with E-state index in [0.717, 1.165) is 5.75 Å². The van der Waals surface area contributed by atoms with Gasteiger partial charge in [-0.2, -0.15) is 16.7 Å². The summed E-state index contributed by atoms with van der Waals surface area (Å²) in [5.41, 5.74) is -0.460. The van der Waals surface area contributed by atoms with E-state index in [-0.39, 0.29) is 29.8 Å². The summed E-state index contributed by atoms with van der Waals surface area (Å²) >= 11 is 1.75. The molecule has 1 amide bonds. The van der Waals surface area contributed by atoms with Crippen molar-refractivity contribution in [2.45, 2.75) is 30.9 Å². The molecule has 3 heterocycles. The van der Waals surface area contributed by atoms with Crippen LogP contribution in [0.5, 0.6) is 0 Å². The number of carbonyl (C=O) groups excluding carboxylic acids is 1. The number of benzene rings is 1. The number of ether oxygens (including phenoxy) is 1. The van der Waals surface area contributed by atoms with Crippen molar-refractivity contribution in [3.63, 3.8) is 0 Å². The quantitative estimate of drug-likeness (QED) is 0.913. The number of nitrogens with zero attached hydrogens (tertiary/aromatic N) is 2. The first-order valence-electron chi connectivity index (χ1n) is 8.79. The van der Waals surface area contributed by atoms with Crippen LogP contribution in [0.3, 0.4) is 0 Å². The van der Waals surface area contributed by atoms with Gasteiger partial charge in [0.25, 0.3) is 5.91 Å². The highest BCUT2D eigenvalue weighted by molar-refractivity contribution is 8.00. The Balaban J connectivity index is 1.54. The van der Waals surface area contributed by atoms with Gasteiger partial charge in [-0.15, -0.1) is 0 Å². The zero-order chi connectivity index (χ0) is 18.3. The zero-order valence-corrected chi connectivity index (χ0v) is 14.5.